The number of piperazine rings is 1. The highest BCUT2D eigenvalue weighted by Crippen LogP contribution is 2.33. The number of aromatic nitrogens is 2. The lowest BCUT2D eigenvalue weighted by molar-refractivity contribution is -0.139. The Labute approximate surface area is 233 Å². The van der Waals surface area contributed by atoms with E-state index in [1.807, 2.05) is 90.4 Å². The van der Waals surface area contributed by atoms with E-state index in [2.05, 4.69) is 9.97 Å². The summed E-state index contributed by atoms with van der Waals surface area (Å²) in [6.45, 7) is 4.87. The molecule has 0 spiro atoms. The van der Waals surface area contributed by atoms with Gasteiger partial charge in [0.1, 0.15) is 17.4 Å². The number of amides is 3. The third kappa shape index (κ3) is 4.53. The van der Waals surface area contributed by atoms with Gasteiger partial charge in [0.05, 0.1) is 12.1 Å². The Bertz CT molecular complexity index is 1530. The Balaban J connectivity index is 1.13. The Kier molecular flexibility index (Phi) is 6.62. The van der Waals surface area contributed by atoms with Gasteiger partial charge in [-0.25, -0.2) is 0 Å². The van der Waals surface area contributed by atoms with Crippen LogP contribution in [0.15, 0.2) is 79.0 Å². The summed E-state index contributed by atoms with van der Waals surface area (Å²) in [4.78, 5) is 53.5. The topological polar surface area (TPSA) is 89.6 Å². The Morgan fingerprint density at radius 1 is 0.900 bits per heavy atom. The van der Waals surface area contributed by atoms with Crippen LogP contribution in [0.2, 0.25) is 0 Å². The Morgan fingerprint density at radius 2 is 1.60 bits per heavy atom. The van der Waals surface area contributed by atoms with Gasteiger partial charge in [-0.1, -0.05) is 68.4 Å². The zero-order valence-corrected chi connectivity index (χ0v) is 22.9. The van der Waals surface area contributed by atoms with Gasteiger partial charge in [-0.05, 0) is 36.1 Å². The molecule has 2 aromatic carbocycles. The van der Waals surface area contributed by atoms with Gasteiger partial charge in [-0.15, -0.1) is 0 Å². The molecule has 2 aliphatic heterocycles. The van der Waals surface area contributed by atoms with Crippen molar-refractivity contribution >= 4 is 28.6 Å². The summed E-state index contributed by atoms with van der Waals surface area (Å²) in [5.41, 5.74) is 3.78. The number of pyridine rings is 1. The second kappa shape index (κ2) is 10.3. The molecule has 3 amide bonds. The lowest BCUT2D eigenvalue weighted by Crippen LogP contribution is -2.57. The monoisotopic (exact) mass is 535 g/mol. The molecule has 4 aromatic rings. The molecule has 0 saturated carbocycles. The molecule has 2 fully saturated rings. The zero-order valence-electron chi connectivity index (χ0n) is 22.9. The first-order chi connectivity index (χ1) is 19.3. The molecule has 40 heavy (non-hydrogen) atoms. The number of para-hydroxylation sites is 1. The van der Waals surface area contributed by atoms with E-state index in [1.54, 1.807) is 24.2 Å². The fourth-order valence-corrected chi connectivity index (χ4v) is 6.23. The molecule has 6 rings (SSSR count). The summed E-state index contributed by atoms with van der Waals surface area (Å²) in [6, 6.07) is 22.5. The molecule has 0 radical (unpaired) electrons. The van der Waals surface area contributed by atoms with E-state index >= 15 is 0 Å². The van der Waals surface area contributed by atoms with Gasteiger partial charge in [0.25, 0.3) is 11.8 Å². The van der Waals surface area contributed by atoms with Crippen molar-refractivity contribution < 1.29 is 14.4 Å². The van der Waals surface area contributed by atoms with E-state index < -0.39 is 6.04 Å². The van der Waals surface area contributed by atoms with E-state index in [0.29, 0.717) is 24.5 Å². The van der Waals surface area contributed by atoms with Gasteiger partial charge in [-0.3, -0.25) is 19.4 Å². The number of nitrogens with zero attached hydrogens (tertiary/aromatic N) is 4. The van der Waals surface area contributed by atoms with Gasteiger partial charge in [-0.2, -0.15) is 0 Å². The van der Waals surface area contributed by atoms with Crippen LogP contribution in [0.4, 0.5) is 0 Å². The lowest BCUT2D eigenvalue weighted by atomic mass is 10.00. The molecule has 8 heteroatoms. The number of hydrogen-bond acceptors (Lipinski definition) is 4. The maximum absolute atomic E-state index is 13.9. The third-order valence-electron chi connectivity index (χ3n) is 8.26. The van der Waals surface area contributed by atoms with Crippen molar-refractivity contribution in [3.05, 3.63) is 90.4 Å². The SMILES string of the molecule is CC(C)[C@@H](C(=O)N1C[C@@H]2C[C@H]1CN2C(=O)c1ccc(-c2ccccc2)cn1)N(C)C(=O)c1cc2ccccc2[nH]1. The van der Waals surface area contributed by atoms with Crippen molar-refractivity contribution in [3.63, 3.8) is 0 Å². The standard InChI is InChI=1S/C32H33N5O3/c1-20(2)29(35(3)30(38)28-15-22-11-7-8-12-26(22)34-28)32(40)37-19-24-16-25(37)18-36(24)31(39)27-14-13-23(17-33-27)21-9-5-4-6-10-21/h4-15,17,20,24-25,29,34H,16,18-19H2,1-3H3/t24-,25-,29-/m0/s1. The van der Waals surface area contributed by atoms with Gasteiger partial charge in [0, 0.05) is 42.8 Å². The zero-order chi connectivity index (χ0) is 28.0. The summed E-state index contributed by atoms with van der Waals surface area (Å²) >= 11 is 0. The number of fused-ring (bicyclic) bond motifs is 3. The third-order valence-corrected chi connectivity index (χ3v) is 8.26. The van der Waals surface area contributed by atoms with Crippen molar-refractivity contribution in [1.29, 1.82) is 0 Å². The number of carbonyl (C=O) groups excluding carboxylic acids is 3. The number of carbonyl (C=O) groups is 3. The Hall–Kier alpha value is -4.46. The minimum atomic E-state index is -0.602. The minimum absolute atomic E-state index is 0.0559. The largest absolute Gasteiger partial charge is 0.351 e. The predicted octanol–water partition coefficient (Wildman–Crippen LogP) is 4.45. The van der Waals surface area contributed by atoms with Crippen molar-refractivity contribution in [2.24, 2.45) is 5.92 Å². The fraction of sp³-hybridized carbons (Fsp3) is 0.312. The summed E-state index contributed by atoms with van der Waals surface area (Å²) in [5, 5.41) is 0.956. The van der Waals surface area contributed by atoms with Gasteiger partial charge in [0.2, 0.25) is 5.91 Å². The number of benzene rings is 2. The van der Waals surface area contributed by atoms with Crippen molar-refractivity contribution in [1.82, 2.24) is 24.7 Å². The normalized spacial score (nSPS) is 18.9. The van der Waals surface area contributed by atoms with Gasteiger partial charge < -0.3 is 19.7 Å². The number of likely N-dealkylation sites (N-methyl/N-ethyl adjacent to an activating group) is 1. The van der Waals surface area contributed by atoms with Crippen LogP contribution >= 0.6 is 0 Å². The summed E-state index contributed by atoms with van der Waals surface area (Å²) in [7, 11) is 1.70. The predicted molar refractivity (Wildman–Crippen MR) is 154 cm³/mol. The number of H-pyrrole nitrogens is 1. The average Bonchev–Trinajstić information content (AvgIpc) is 3.71. The molecule has 2 bridgehead atoms. The van der Waals surface area contributed by atoms with Crippen LogP contribution in [-0.4, -0.2) is 80.7 Å². The van der Waals surface area contributed by atoms with E-state index in [0.717, 1.165) is 28.5 Å². The maximum atomic E-state index is 13.9. The molecule has 0 unspecified atom stereocenters. The number of rotatable bonds is 6. The van der Waals surface area contributed by atoms with Crippen LogP contribution in [0.3, 0.4) is 0 Å². The van der Waals surface area contributed by atoms with Crippen LogP contribution in [0.5, 0.6) is 0 Å². The molecule has 2 aliphatic rings. The van der Waals surface area contributed by atoms with Crippen molar-refractivity contribution in [2.75, 3.05) is 20.1 Å². The van der Waals surface area contributed by atoms with Crippen LogP contribution in [-0.2, 0) is 4.79 Å². The van der Waals surface area contributed by atoms with E-state index in [4.69, 9.17) is 0 Å². The average molecular weight is 536 g/mol. The highest BCUT2D eigenvalue weighted by molar-refractivity contribution is 6.00. The Morgan fingerprint density at radius 3 is 2.25 bits per heavy atom. The molecular weight excluding hydrogens is 502 g/mol. The number of nitrogens with one attached hydrogen (secondary N) is 1. The first kappa shape index (κ1) is 25.8. The molecule has 4 heterocycles. The van der Waals surface area contributed by atoms with Crippen molar-refractivity contribution in [3.8, 4) is 11.1 Å². The molecule has 1 N–H and O–H groups in total. The highest BCUT2D eigenvalue weighted by Gasteiger charge is 2.49. The maximum Gasteiger partial charge on any atom is 0.272 e. The molecule has 2 saturated heterocycles. The number of hydrogen-bond donors (Lipinski definition) is 1. The van der Waals surface area contributed by atoms with E-state index in [9.17, 15) is 14.4 Å². The first-order valence-electron chi connectivity index (χ1n) is 13.8. The van der Waals surface area contributed by atoms with Crippen LogP contribution in [0.1, 0.15) is 41.2 Å². The molecule has 8 nitrogen and oxygen atoms in total. The molecule has 3 atom stereocenters. The first-order valence-corrected chi connectivity index (χ1v) is 13.8. The van der Waals surface area contributed by atoms with Crippen molar-refractivity contribution in [2.45, 2.75) is 38.4 Å². The molecule has 2 aromatic heterocycles. The summed E-state index contributed by atoms with van der Waals surface area (Å²) < 4.78 is 0. The van der Waals surface area contributed by atoms with Crippen LogP contribution in [0, 0.1) is 5.92 Å². The molecular formula is C32H33N5O3. The van der Waals surface area contributed by atoms with E-state index in [1.165, 1.54) is 0 Å². The number of aromatic amines is 1. The van der Waals surface area contributed by atoms with Crippen LogP contribution < -0.4 is 0 Å². The summed E-state index contributed by atoms with van der Waals surface area (Å²) in [5.74, 6) is -0.456. The number of likely N-dealkylation sites (tertiary alicyclic amines) is 2. The van der Waals surface area contributed by atoms with E-state index in [-0.39, 0.29) is 35.7 Å². The van der Waals surface area contributed by atoms with Gasteiger partial charge in [0.15, 0.2) is 0 Å². The summed E-state index contributed by atoms with van der Waals surface area (Å²) in [6.07, 6.45) is 2.48. The second-order valence-corrected chi connectivity index (χ2v) is 11.2. The lowest BCUT2D eigenvalue weighted by Gasteiger charge is -2.39. The highest BCUT2D eigenvalue weighted by atomic mass is 16.2. The minimum Gasteiger partial charge on any atom is -0.351 e. The molecule has 0 aliphatic carbocycles. The quantitative estimate of drug-likeness (QED) is 0.395. The van der Waals surface area contributed by atoms with Gasteiger partial charge >= 0.3 is 0 Å². The van der Waals surface area contributed by atoms with Crippen LogP contribution in [0.25, 0.3) is 22.0 Å². The fourth-order valence-electron chi connectivity index (χ4n) is 6.23. The smallest absolute Gasteiger partial charge is 0.272 e. The molecule has 204 valence electrons. The second-order valence-electron chi connectivity index (χ2n) is 11.2.